The Bertz CT molecular complexity index is 153. The molecule has 0 aromatic carbocycles. The first-order valence-corrected chi connectivity index (χ1v) is 5.16. The summed E-state index contributed by atoms with van der Waals surface area (Å²) in [5.41, 5.74) is 0. The van der Waals surface area contributed by atoms with Gasteiger partial charge < -0.3 is 4.74 Å². The third kappa shape index (κ3) is 7.66. The number of rotatable bonds is 5. The van der Waals surface area contributed by atoms with E-state index in [0.29, 0.717) is 11.9 Å². The van der Waals surface area contributed by atoms with E-state index in [1.54, 1.807) is 18.7 Å². The predicted molar refractivity (Wildman–Crippen MR) is 53.4 cm³/mol. The zero-order valence-corrected chi connectivity index (χ0v) is 8.69. The molecule has 0 radical (unpaired) electrons. The van der Waals surface area contributed by atoms with Crippen molar-refractivity contribution >= 4 is 17.7 Å². The van der Waals surface area contributed by atoms with Gasteiger partial charge in [-0.1, -0.05) is 19.9 Å². The first-order valence-electron chi connectivity index (χ1n) is 4.11. The Labute approximate surface area is 78.4 Å². The second kappa shape index (κ2) is 7.22. The van der Waals surface area contributed by atoms with Gasteiger partial charge in [-0.3, -0.25) is 0 Å². The number of hydrogen-bond donors (Lipinski definition) is 0. The fraction of sp³-hybridized carbons (Fsp3) is 0.667. The number of hydrogen-bond acceptors (Lipinski definition) is 3. The Kier molecular flexibility index (Phi) is 6.96. The molecule has 0 aliphatic heterocycles. The van der Waals surface area contributed by atoms with E-state index in [1.807, 2.05) is 6.08 Å². The molecule has 12 heavy (non-hydrogen) atoms. The van der Waals surface area contributed by atoms with Gasteiger partial charge in [0.25, 0.3) is 0 Å². The lowest BCUT2D eigenvalue weighted by Crippen LogP contribution is -1.99. The van der Waals surface area contributed by atoms with E-state index in [0.717, 1.165) is 5.75 Å². The predicted octanol–water partition coefficient (Wildman–Crippen LogP) is 2.25. The van der Waals surface area contributed by atoms with Gasteiger partial charge in [0.05, 0.1) is 6.61 Å². The maximum Gasteiger partial charge on any atom is 0.330 e. The third-order valence-electron chi connectivity index (χ3n) is 1.07. The van der Waals surface area contributed by atoms with E-state index in [9.17, 15) is 4.79 Å². The summed E-state index contributed by atoms with van der Waals surface area (Å²) in [4.78, 5) is 10.8. The molecule has 0 aliphatic rings. The van der Waals surface area contributed by atoms with Crippen LogP contribution < -0.4 is 0 Å². The standard InChI is InChI=1S/C9H16O2S/c1-4-11-9(10)6-5-7-12-8(2)3/h5-6,8H,4,7H2,1-3H3/b6-5+. The van der Waals surface area contributed by atoms with Crippen molar-refractivity contribution in [2.75, 3.05) is 12.4 Å². The molecule has 0 aliphatic carbocycles. The van der Waals surface area contributed by atoms with E-state index < -0.39 is 0 Å². The molecule has 0 unspecified atom stereocenters. The third-order valence-corrected chi connectivity index (χ3v) is 2.12. The Morgan fingerprint density at radius 2 is 2.25 bits per heavy atom. The summed E-state index contributed by atoms with van der Waals surface area (Å²) in [5.74, 6) is 0.623. The number of carbonyl (C=O) groups excluding carboxylic acids is 1. The molecule has 0 aromatic rings. The van der Waals surface area contributed by atoms with E-state index in [-0.39, 0.29) is 5.97 Å². The maximum absolute atomic E-state index is 10.8. The van der Waals surface area contributed by atoms with Gasteiger partial charge in [-0.25, -0.2) is 4.79 Å². The molecule has 0 saturated heterocycles. The minimum atomic E-state index is -0.248. The van der Waals surface area contributed by atoms with Gasteiger partial charge >= 0.3 is 5.97 Å². The summed E-state index contributed by atoms with van der Waals surface area (Å²) in [7, 11) is 0. The molecule has 0 atom stereocenters. The van der Waals surface area contributed by atoms with Crippen LogP contribution in [0.2, 0.25) is 0 Å². The van der Waals surface area contributed by atoms with Crippen molar-refractivity contribution in [2.24, 2.45) is 0 Å². The van der Waals surface area contributed by atoms with Crippen molar-refractivity contribution in [1.82, 2.24) is 0 Å². The SMILES string of the molecule is CCOC(=O)/C=C/CSC(C)C. The average molecular weight is 188 g/mol. The highest BCUT2D eigenvalue weighted by Crippen LogP contribution is 2.08. The second-order valence-electron chi connectivity index (χ2n) is 2.54. The number of ether oxygens (including phenoxy) is 1. The number of esters is 1. The first kappa shape index (κ1) is 11.6. The average Bonchev–Trinajstić information content (AvgIpc) is 1.98. The fourth-order valence-corrected chi connectivity index (χ4v) is 1.17. The summed E-state index contributed by atoms with van der Waals surface area (Å²) < 4.78 is 4.71. The molecule has 2 nitrogen and oxygen atoms in total. The van der Waals surface area contributed by atoms with Gasteiger partial charge in [0.15, 0.2) is 0 Å². The lowest BCUT2D eigenvalue weighted by atomic mass is 10.5. The molecule has 3 heteroatoms. The Morgan fingerprint density at radius 1 is 1.58 bits per heavy atom. The Morgan fingerprint density at radius 3 is 2.75 bits per heavy atom. The minimum absolute atomic E-state index is 0.248. The molecule has 0 rings (SSSR count). The summed E-state index contributed by atoms with van der Waals surface area (Å²) in [6.45, 7) is 6.50. The molecular weight excluding hydrogens is 172 g/mol. The van der Waals surface area contributed by atoms with Gasteiger partial charge in [0.2, 0.25) is 0 Å². The molecule has 0 heterocycles. The molecule has 0 spiro atoms. The normalized spacial score (nSPS) is 11.0. The van der Waals surface area contributed by atoms with Crippen LogP contribution in [0.4, 0.5) is 0 Å². The van der Waals surface area contributed by atoms with Gasteiger partial charge in [0.1, 0.15) is 0 Å². The summed E-state index contributed by atoms with van der Waals surface area (Å²) in [6.07, 6.45) is 3.32. The van der Waals surface area contributed by atoms with Crippen LogP contribution in [0.3, 0.4) is 0 Å². The lowest BCUT2D eigenvalue weighted by molar-refractivity contribution is -0.137. The smallest absolute Gasteiger partial charge is 0.330 e. The van der Waals surface area contributed by atoms with E-state index in [2.05, 4.69) is 13.8 Å². The zero-order chi connectivity index (χ0) is 9.40. The van der Waals surface area contributed by atoms with Gasteiger partial charge in [-0.15, -0.1) is 0 Å². The Hall–Kier alpha value is -0.440. The topological polar surface area (TPSA) is 26.3 Å². The highest BCUT2D eigenvalue weighted by molar-refractivity contribution is 8.00. The molecule has 0 aromatic heterocycles. The van der Waals surface area contributed by atoms with Crippen molar-refractivity contribution in [3.05, 3.63) is 12.2 Å². The molecule has 0 fully saturated rings. The molecular formula is C9H16O2S. The molecule has 0 amide bonds. The van der Waals surface area contributed by atoms with Crippen molar-refractivity contribution in [1.29, 1.82) is 0 Å². The van der Waals surface area contributed by atoms with Crippen LogP contribution in [-0.2, 0) is 9.53 Å². The zero-order valence-electron chi connectivity index (χ0n) is 7.87. The highest BCUT2D eigenvalue weighted by Gasteiger charge is 1.93. The minimum Gasteiger partial charge on any atom is -0.463 e. The summed E-state index contributed by atoms with van der Waals surface area (Å²) >= 11 is 1.80. The van der Waals surface area contributed by atoms with Crippen LogP contribution in [-0.4, -0.2) is 23.6 Å². The fourth-order valence-electron chi connectivity index (χ4n) is 0.583. The van der Waals surface area contributed by atoms with Gasteiger partial charge in [-0.05, 0) is 12.2 Å². The summed E-state index contributed by atoms with van der Waals surface area (Å²) in [5, 5.41) is 0.608. The van der Waals surface area contributed by atoms with Gasteiger partial charge in [0, 0.05) is 11.8 Å². The Balaban J connectivity index is 3.41. The largest absolute Gasteiger partial charge is 0.463 e. The molecule has 0 N–H and O–H groups in total. The van der Waals surface area contributed by atoms with E-state index in [4.69, 9.17) is 4.74 Å². The molecule has 0 bridgehead atoms. The lowest BCUT2D eigenvalue weighted by Gasteiger charge is -1.99. The van der Waals surface area contributed by atoms with Crippen molar-refractivity contribution in [3.8, 4) is 0 Å². The van der Waals surface area contributed by atoms with Crippen molar-refractivity contribution in [2.45, 2.75) is 26.0 Å². The van der Waals surface area contributed by atoms with Crippen LogP contribution >= 0.6 is 11.8 Å². The monoisotopic (exact) mass is 188 g/mol. The maximum atomic E-state index is 10.8. The van der Waals surface area contributed by atoms with Crippen LogP contribution in [0.1, 0.15) is 20.8 Å². The van der Waals surface area contributed by atoms with Crippen LogP contribution in [0.15, 0.2) is 12.2 Å². The van der Waals surface area contributed by atoms with Crippen molar-refractivity contribution < 1.29 is 9.53 Å². The van der Waals surface area contributed by atoms with E-state index in [1.165, 1.54) is 6.08 Å². The van der Waals surface area contributed by atoms with Crippen LogP contribution in [0.5, 0.6) is 0 Å². The second-order valence-corrected chi connectivity index (χ2v) is 4.15. The number of thioether (sulfide) groups is 1. The van der Waals surface area contributed by atoms with Crippen LogP contribution in [0, 0.1) is 0 Å². The number of carbonyl (C=O) groups is 1. The molecule has 0 saturated carbocycles. The quantitative estimate of drug-likeness (QED) is 0.489. The van der Waals surface area contributed by atoms with Crippen LogP contribution in [0.25, 0.3) is 0 Å². The highest BCUT2D eigenvalue weighted by atomic mass is 32.2. The first-order chi connectivity index (χ1) is 5.66. The molecule has 70 valence electrons. The van der Waals surface area contributed by atoms with Crippen molar-refractivity contribution in [3.63, 3.8) is 0 Å². The summed E-state index contributed by atoms with van der Waals surface area (Å²) in [6, 6.07) is 0. The van der Waals surface area contributed by atoms with E-state index >= 15 is 0 Å². The van der Waals surface area contributed by atoms with Gasteiger partial charge in [-0.2, -0.15) is 11.8 Å².